The molecule has 0 aromatic heterocycles. The summed E-state index contributed by atoms with van der Waals surface area (Å²) in [5, 5.41) is 0. The first-order valence-corrected chi connectivity index (χ1v) is 10.7. The number of para-hydroxylation sites is 2. The Morgan fingerprint density at radius 3 is 2.48 bits per heavy atom. The highest BCUT2D eigenvalue weighted by Gasteiger charge is 2.27. The molecule has 2 aromatic rings. The molecule has 0 saturated carbocycles. The van der Waals surface area contributed by atoms with E-state index in [4.69, 9.17) is 4.74 Å². The number of fused-ring (bicyclic) bond motifs is 1. The van der Waals surface area contributed by atoms with E-state index in [1.165, 1.54) is 12.1 Å². The predicted molar refractivity (Wildman–Crippen MR) is 105 cm³/mol. The lowest BCUT2D eigenvalue weighted by atomic mass is 10.1. The Labute approximate surface area is 160 Å². The molecule has 3 rings (SSSR count). The Bertz CT molecular complexity index is 925. The number of ether oxygens (including phenoxy) is 1. The lowest BCUT2D eigenvalue weighted by Gasteiger charge is -2.37. The molecule has 0 fully saturated rings. The van der Waals surface area contributed by atoms with Crippen molar-refractivity contribution in [1.82, 2.24) is 4.90 Å². The van der Waals surface area contributed by atoms with Gasteiger partial charge in [0.15, 0.2) is 9.84 Å². The van der Waals surface area contributed by atoms with Gasteiger partial charge in [-0.15, -0.1) is 0 Å². The minimum atomic E-state index is -3.28. The van der Waals surface area contributed by atoms with Gasteiger partial charge in [-0.25, -0.2) is 8.42 Å². The Balaban J connectivity index is 1.70. The van der Waals surface area contributed by atoms with Crippen molar-refractivity contribution >= 4 is 21.4 Å². The number of hydrogen-bond acceptors (Lipinski definition) is 5. The van der Waals surface area contributed by atoms with Crippen molar-refractivity contribution in [1.29, 1.82) is 0 Å². The molecule has 1 unspecified atom stereocenters. The molecular weight excluding hydrogens is 364 g/mol. The normalized spacial score (nSPS) is 16.4. The van der Waals surface area contributed by atoms with E-state index in [1.807, 2.05) is 24.3 Å². The van der Waals surface area contributed by atoms with Crippen LogP contribution in [0.4, 0.5) is 5.69 Å². The van der Waals surface area contributed by atoms with Crippen LogP contribution in [0.2, 0.25) is 0 Å². The van der Waals surface area contributed by atoms with Crippen LogP contribution >= 0.6 is 0 Å². The first-order chi connectivity index (χ1) is 12.8. The summed E-state index contributed by atoms with van der Waals surface area (Å²) in [4.78, 5) is 16.7. The predicted octanol–water partition coefficient (Wildman–Crippen LogP) is 2.45. The molecule has 0 N–H and O–H groups in total. The fourth-order valence-corrected chi connectivity index (χ4v) is 3.86. The summed E-state index contributed by atoms with van der Waals surface area (Å²) in [5.41, 5.74) is 1.52. The van der Waals surface area contributed by atoms with Crippen molar-refractivity contribution in [3.8, 4) is 5.75 Å². The number of nitrogens with zero attached hydrogens (tertiary/aromatic N) is 2. The highest BCUT2D eigenvalue weighted by Crippen LogP contribution is 2.32. The van der Waals surface area contributed by atoms with Crippen LogP contribution in [0.3, 0.4) is 0 Å². The number of benzene rings is 2. The number of hydrogen-bond donors (Lipinski definition) is 0. The maximum atomic E-state index is 12.7. The lowest BCUT2D eigenvalue weighted by molar-refractivity contribution is 0.0709. The van der Waals surface area contributed by atoms with E-state index in [-0.39, 0.29) is 16.9 Å². The fourth-order valence-electron chi connectivity index (χ4n) is 3.23. The van der Waals surface area contributed by atoms with E-state index in [9.17, 15) is 13.2 Å². The van der Waals surface area contributed by atoms with Gasteiger partial charge in [0.2, 0.25) is 0 Å². The second kappa shape index (κ2) is 7.60. The summed E-state index contributed by atoms with van der Waals surface area (Å²) in [6.45, 7) is 4.11. The van der Waals surface area contributed by atoms with E-state index >= 15 is 0 Å². The molecule has 0 saturated heterocycles. The van der Waals surface area contributed by atoms with Crippen molar-refractivity contribution in [2.45, 2.75) is 17.9 Å². The van der Waals surface area contributed by atoms with E-state index in [0.29, 0.717) is 18.7 Å². The summed E-state index contributed by atoms with van der Waals surface area (Å²) >= 11 is 0. The number of rotatable bonds is 5. The van der Waals surface area contributed by atoms with Crippen molar-refractivity contribution in [2.75, 3.05) is 37.8 Å². The molecule has 1 aliphatic rings. The number of amides is 1. The minimum absolute atomic E-state index is 0.135. The monoisotopic (exact) mass is 388 g/mol. The number of carbonyl (C=O) groups is 1. The lowest BCUT2D eigenvalue weighted by Crippen LogP contribution is -2.46. The van der Waals surface area contributed by atoms with Crippen molar-refractivity contribution < 1.29 is 17.9 Å². The van der Waals surface area contributed by atoms with E-state index in [1.54, 1.807) is 24.1 Å². The molecule has 1 heterocycles. The van der Waals surface area contributed by atoms with Crippen molar-refractivity contribution in [3.05, 3.63) is 54.1 Å². The summed E-state index contributed by atoms with van der Waals surface area (Å²) in [6, 6.07) is 13.9. The summed E-state index contributed by atoms with van der Waals surface area (Å²) in [5.74, 6) is 0.662. The number of anilines is 1. The largest absolute Gasteiger partial charge is 0.485 e. The van der Waals surface area contributed by atoms with Gasteiger partial charge in [-0.05, 0) is 43.3 Å². The number of sulfone groups is 1. The van der Waals surface area contributed by atoms with E-state index in [2.05, 4.69) is 11.8 Å². The van der Waals surface area contributed by atoms with Gasteiger partial charge in [0.05, 0.1) is 23.7 Å². The first kappa shape index (κ1) is 19.2. The molecule has 0 spiro atoms. The third-order valence-electron chi connectivity index (χ3n) is 4.66. The van der Waals surface area contributed by atoms with Crippen LogP contribution in [0, 0.1) is 0 Å². The molecule has 6 nitrogen and oxygen atoms in total. The molecule has 1 aliphatic heterocycles. The molecule has 0 bridgehead atoms. The molecular formula is C20H24N2O4S. The average Bonchev–Trinajstić information content (AvgIpc) is 2.66. The standard InChI is InChI=1S/C20H24N2O4S/c1-4-22-14-16(26-19-8-6-5-7-18(19)22)13-21(2)20(23)15-9-11-17(12-10-15)27(3,24)25/h5-12,16H,4,13-14H2,1-3H3. The maximum absolute atomic E-state index is 12.7. The zero-order chi connectivity index (χ0) is 19.6. The third-order valence-corrected chi connectivity index (χ3v) is 5.79. The van der Waals surface area contributed by atoms with Crippen LogP contribution in [-0.4, -0.2) is 58.3 Å². The highest BCUT2D eigenvalue weighted by atomic mass is 32.2. The Morgan fingerprint density at radius 1 is 1.19 bits per heavy atom. The van der Waals surface area contributed by atoms with E-state index in [0.717, 1.165) is 24.2 Å². The molecule has 7 heteroatoms. The first-order valence-electron chi connectivity index (χ1n) is 8.86. The van der Waals surface area contributed by atoms with Gasteiger partial charge in [-0.2, -0.15) is 0 Å². The van der Waals surface area contributed by atoms with Crippen LogP contribution in [-0.2, 0) is 9.84 Å². The topological polar surface area (TPSA) is 66.9 Å². The molecule has 1 amide bonds. The van der Waals surface area contributed by atoms with Gasteiger partial charge in [0, 0.05) is 25.4 Å². The summed E-state index contributed by atoms with van der Waals surface area (Å²) in [7, 11) is -1.55. The molecule has 0 radical (unpaired) electrons. The van der Waals surface area contributed by atoms with Gasteiger partial charge >= 0.3 is 0 Å². The SMILES string of the molecule is CCN1CC(CN(C)C(=O)c2ccc(S(C)(=O)=O)cc2)Oc2ccccc21. The van der Waals surface area contributed by atoms with Gasteiger partial charge in [0.25, 0.3) is 5.91 Å². The second-order valence-electron chi connectivity index (χ2n) is 6.73. The average molecular weight is 388 g/mol. The molecule has 1 atom stereocenters. The van der Waals surface area contributed by atoms with Crippen LogP contribution in [0.1, 0.15) is 17.3 Å². The smallest absolute Gasteiger partial charge is 0.253 e. The van der Waals surface area contributed by atoms with Gasteiger partial charge in [-0.1, -0.05) is 12.1 Å². The number of likely N-dealkylation sites (N-methyl/N-ethyl adjacent to an activating group) is 2. The van der Waals surface area contributed by atoms with Crippen LogP contribution < -0.4 is 9.64 Å². The zero-order valence-electron chi connectivity index (χ0n) is 15.8. The molecule has 0 aliphatic carbocycles. The zero-order valence-corrected chi connectivity index (χ0v) is 16.6. The molecule has 144 valence electrons. The Kier molecular flexibility index (Phi) is 5.41. The second-order valence-corrected chi connectivity index (χ2v) is 8.74. The van der Waals surface area contributed by atoms with Gasteiger partial charge in [0.1, 0.15) is 11.9 Å². The number of carbonyl (C=O) groups excluding carboxylic acids is 1. The molecule has 27 heavy (non-hydrogen) atoms. The summed E-state index contributed by atoms with van der Waals surface area (Å²) < 4.78 is 29.2. The van der Waals surface area contributed by atoms with Gasteiger partial charge < -0.3 is 14.5 Å². The quantitative estimate of drug-likeness (QED) is 0.787. The van der Waals surface area contributed by atoms with Crippen LogP contribution in [0.25, 0.3) is 0 Å². The van der Waals surface area contributed by atoms with Crippen molar-refractivity contribution in [2.24, 2.45) is 0 Å². The molecule has 2 aromatic carbocycles. The minimum Gasteiger partial charge on any atom is -0.485 e. The third kappa shape index (κ3) is 4.24. The fraction of sp³-hybridized carbons (Fsp3) is 0.350. The maximum Gasteiger partial charge on any atom is 0.253 e. The Morgan fingerprint density at radius 2 is 1.85 bits per heavy atom. The van der Waals surface area contributed by atoms with Crippen LogP contribution in [0.5, 0.6) is 5.75 Å². The van der Waals surface area contributed by atoms with Gasteiger partial charge in [-0.3, -0.25) is 4.79 Å². The Hall–Kier alpha value is -2.54. The summed E-state index contributed by atoms with van der Waals surface area (Å²) in [6.07, 6.45) is 1.01. The highest BCUT2D eigenvalue weighted by molar-refractivity contribution is 7.90. The van der Waals surface area contributed by atoms with E-state index < -0.39 is 9.84 Å². The van der Waals surface area contributed by atoms with Crippen molar-refractivity contribution in [3.63, 3.8) is 0 Å². The van der Waals surface area contributed by atoms with Crippen LogP contribution in [0.15, 0.2) is 53.4 Å².